The number of rotatable bonds is 12. The fraction of sp³-hybridized carbons (Fsp3) is 1.00. The van der Waals surface area contributed by atoms with Crippen LogP contribution in [0.2, 0.25) is 0 Å². The number of hydrogen-bond acceptors (Lipinski definition) is 0. The molecule has 0 heterocycles. The minimum Gasteiger partial charge on any atom is -0.0776 e. The molecule has 0 heteroatoms. The molecule has 0 bridgehead atoms. The summed E-state index contributed by atoms with van der Waals surface area (Å²) in [5, 5.41) is 0. The van der Waals surface area contributed by atoms with Crippen molar-refractivity contribution in [2.45, 2.75) is 165 Å². The Hall–Kier alpha value is 0. The van der Waals surface area contributed by atoms with Crippen LogP contribution in [0.15, 0.2) is 0 Å². The van der Waals surface area contributed by atoms with Crippen molar-refractivity contribution in [1.29, 1.82) is 0 Å². The summed E-state index contributed by atoms with van der Waals surface area (Å²) in [6.07, 6.45) is 11.0. The Morgan fingerprint density at radius 2 is 0.567 bits per heavy atom. The van der Waals surface area contributed by atoms with Crippen LogP contribution in [0.1, 0.15) is 165 Å². The minimum atomic E-state index is 0. The first-order valence-corrected chi connectivity index (χ1v) is 11.2. The van der Waals surface area contributed by atoms with E-state index >= 15 is 0 Å². The first-order chi connectivity index (χ1) is 11.2. The first kappa shape index (κ1) is 52.1. The van der Waals surface area contributed by atoms with Crippen LogP contribution in [0.5, 0.6) is 0 Å². The van der Waals surface area contributed by atoms with E-state index in [1.165, 1.54) is 51.4 Å². The van der Waals surface area contributed by atoms with Gasteiger partial charge in [-0.2, -0.15) is 0 Å². The molecule has 0 aromatic rings. The van der Waals surface area contributed by atoms with E-state index in [0.29, 0.717) is 0 Å². The third kappa shape index (κ3) is 30.2. The van der Waals surface area contributed by atoms with Crippen molar-refractivity contribution in [1.82, 2.24) is 0 Å². The van der Waals surface area contributed by atoms with E-state index < -0.39 is 0 Å². The van der Waals surface area contributed by atoms with Crippen molar-refractivity contribution >= 4 is 0 Å². The lowest BCUT2D eigenvalue weighted by molar-refractivity contribution is 0.322. The highest BCUT2D eigenvalue weighted by atomic mass is 14.2. The Morgan fingerprint density at radius 3 is 0.733 bits per heavy atom. The lowest BCUT2D eigenvalue weighted by atomic mass is 9.87. The molecule has 0 aliphatic heterocycles. The van der Waals surface area contributed by atoms with Gasteiger partial charge in [-0.05, 0) is 35.5 Å². The van der Waals surface area contributed by atoms with Gasteiger partial charge in [0.2, 0.25) is 0 Å². The molecule has 0 spiro atoms. The van der Waals surface area contributed by atoms with Crippen molar-refractivity contribution in [2.24, 2.45) is 35.5 Å². The molecule has 0 aliphatic rings. The average molecular weight is 437 g/mol. The Balaban J connectivity index is -0.0000000448. The third-order valence-corrected chi connectivity index (χ3v) is 6.85. The van der Waals surface area contributed by atoms with Crippen molar-refractivity contribution in [3.05, 3.63) is 0 Å². The summed E-state index contributed by atoms with van der Waals surface area (Å²) >= 11 is 0. The summed E-state index contributed by atoms with van der Waals surface area (Å²) in [6, 6.07) is 0. The maximum atomic E-state index is 2.40. The molecule has 0 rings (SSSR count). The van der Waals surface area contributed by atoms with Crippen LogP contribution in [0.3, 0.4) is 0 Å². The molecule has 0 aliphatic carbocycles. The quantitative estimate of drug-likeness (QED) is 0.285. The van der Waals surface area contributed by atoms with Crippen LogP contribution in [0.4, 0.5) is 0 Å². The summed E-state index contributed by atoms with van der Waals surface area (Å²) in [6.45, 7) is 23.5. The third-order valence-electron chi connectivity index (χ3n) is 6.85. The standard InChI is InChI=1S/2C12H26.6CH4/c2*1-6-10(3)8-9-12(5)11(4)7-2;;;;;;/h2*10-12H,6-9H2,1-5H3;6*1H4. The van der Waals surface area contributed by atoms with Crippen molar-refractivity contribution in [2.75, 3.05) is 0 Å². The largest absolute Gasteiger partial charge is 0.0776 e. The van der Waals surface area contributed by atoms with Crippen LogP contribution in [0.25, 0.3) is 0 Å². The zero-order valence-corrected chi connectivity index (χ0v) is 19.1. The van der Waals surface area contributed by atoms with Gasteiger partial charge in [0.1, 0.15) is 0 Å². The van der Waals surface area contributed by atoms with Crippen LogP contribution in [0, 0.1) is 35.5 Å². The summed E-state index contributed by atoms with van der Waals surface area (Å²) in [5.74, 6) is 5.52. The van der Waals surface area contributed by atoms with Gasteiger partial charge in [0.05, 0.1) is 0 Å². The topological polar surface area (TPSA) is 0 Å². The molecule has 6 unspecified atom stereocenters. The van der Waals surface area contributed by atoms with E-state index in [2.05, 4.69) is 69.2 Å². The van der Waals surface area contributed by atoms with Gasteiger partial charge in [-0.25, -0.2) is 0 Å². The molecule has 196 valence electrons. The van der Waals surface area contributed by atoms with Crippen LogP contribution < -0.4 is 0 Å². The van der Waals surface area contributed by atoms with Gasteiger partial charge in [0.15, 0.2) is 0 Å². The van der Waals surface area contributed by atoms with Crippen molar-refractivity contribution < 1.29 is 0 Å². The Labute approximate surface area is 200 Å². The predicted octanol–water partition coefficient (Wildman–Crippen LogP) is 12.8. The molecule has 0 saturated carbocycles. The van der Waals surface area contributed by atoms with E-state index in [1.807, 2.05) is 0 Å². The van der Waals surface area contributed by atoms with Crippen molar-refractivity contribution in [3.8, 4) is 0 Å². The van der Waals surface area contributed by atoms with Gasteiger partial charge in [-0.15, -0.1) is 0 Å². The van der Waals surface area contributed by atoms with Crippen molar-refractivity contribution in [3.63, 3.8) is 0 Å². The second-order valence-corrected chi connectivity index (χ2v) is 8.91. The second-order valence-electron chi connectivity index (χ2n) is 8.91. The average Bonchev–Trinajstić information content (AvgIpc) is 2.62. The highest BCUT2D eigenvalue weighted by Gasteiger charge is 2.11. The van der Waals surface area contributed by atoms with Gasteiger partial charge < -0.3 is 0 Å². The molecule has 0 N–H and O–H groups in total. The van der Waals surface area contributed by atoms with E-state index in [4.69, 9.17) is 0 Å². The molecule has 0 aromatic carbocycles. The normalized spacial score (nSPS) is 15.0. The zero-order chi connectivity index (χ0) is 19.1. The van der Waals surface area contributed by atoms with E-state index in [-0.39, 0.29) is 44.6 Å². The fourth-order valence-electron chi connectivity index (χ4n) is 2.88. The molecule has 0 aromatic heterocycles. The molecule has 0 fully saturated rings. The molecule has 0 saturated heterocycles. The van der Waals surface area contributed by atoms with Gasteiger partial charge >= 0.3 is 0 Å². The maximum absolute atomic E-state index is 2.40. The monoisotopic (exact) mass is 437 g/mol. The van der Waals surface area contributed by atoms with E-state index in [9.17, 15) is 0 Å². The van der Waals surface area contributed by atoms with Gasteiger partial charge in [-0.3, -0.25) is 0 Å². The summed E-state index contributed by atoms with van der Waals surface area (Å²) in [4.78, 5) is 0. The molecular weight excluding hydrogens is 360 g/mol. The first-order valence-electron chi connectivity index (χ1n) is 11.2. The molecule has 0 amide bonds. The molecular formula is C30H76. The van der Waals surface area contributed by atoms with Gasteiger partial charge in [-0.1, -0.05) is 165 Å². The molecule has 30 heavy (non-hydrogen) atoms. The Kier molecular flexibility index (Phi) is 58.4. The second kappa shape index (κ2) is 33.6. The molecule has 0 radical (unpaired) electrons. The summed E-state index contributed by atoms with van der Waals surface area (Å²) in [7, 11) is 0. The number of hydrogen-bond donors (Lipinski definition) is 0. The van der Waals surface area contributed by atoms with Gasteiger partial charge in [0.25, 0.3) is 0 Å². The Morgan fingerprint density at radius 1 is 0.333 bits per heavy atom. The smallest absolute Gasteiger partial charge is 0.0417 e. The lowest BCUT2D eigenvalue weighted by Gasteiger charge is -2.19. The zero-order valence-electron chi connectivity index (χ0n) is 19.1. The molecule has 6 atom stereocenters. The van der Waals surface area contributed by atoms with Gasteiger partial charge in [0, 0.05) is 0 Å². The lowest BCUT2D eigenvalue weighted by Crippen LogP contribution is -2.08. The Bertz CT molecular complexity index is 218. The minimum absolute atomic E-state index is 0. The highest BCUT2D eigenvalue weighted by Crippen LogP contribution is 2.23. The van der Waals surface area contributed by atoms with Crippen LogP contribution >= 0.6 is 0 Å². The van der Waals surface area contributed by atoms with Crippen LogP contribution in [-0.2, 0) is 0 Å². The maximum Gasteiger partial charge on any atom is -0.0417 e. The van der Waals surface area contributed by atoms with E-state index in [0.717, 1.165) is 35.5 Å². The molecule has 0 nitrogen and oxygen atoms in total. The summed E-state index contributed by atoms with van der Waals surface area (Å²) in [5.41, 5.74) is 0. The fourth-order valence-corrected chi connectivity index (χ4v) is 2.88. The SMILES string of the molecule is C.C.C.C.C.C.CCC(C)CCC(C)C(C)CC.CCC(C)CCC(C)C(C)CC. The van der Waals surface area contributed by atoms with Crippen LogP contribution in [-0.4, -0.2) is 0 Å². The highest BCUT2D eigenvalue weighted by molar-refractivity contribution is 4.63. The van der Waals surface area contributed by atoms with E-state index in [1.54, 1.807) is 0 Å². The predicted molar refractivity (Wildman–Crippen MR) is 155 cm³/mol. The summed E-state index contributed by atoms with van der Waals surface area (Å²) < 4.78 is 0.